The summed E-state index contributed by atoms with van der Waals surface area (Å²) >= 11 is 7.30. The van der Waals surface area contributed by atoms with Crippen LogP contribution in [0.15, 0.2) is 61.4 Å². The standard InChI is InChI=1S/C31H35FN6O6.2C2H6.CH3I3S/c1-3-22(14-42-15-24-23(30(39)40)10-7-11-25(24)32)44-26(16-43-19(2)20-8-5-4-6-9-20)38-18-35-27-28(33-17-34-29(27)38)37-31(41)36-21-12-13-21;2*1-2;1-5(2,3)4/h4-11,17,21-22,26,35H,2-3,12-16,18H2,1H3,(H,39,40)(H2,33,34,36,37,41);2*1-2H3;1H3. The van der Waals surface area contributed by atoms with Gasteiger partial charge in [0.1, 0.15) is 30.2 Å². The fourth-order valence-corrected chi connectivity index (χ4v) is 4.64. The Kier molecular flexibility index (Phi) is 21.6. The largest absolute Gasteiger partial charge is 0.489 e. The molecule has 1 aliphatic heterocycles. The van der Waals surface area contributed by atoms with E-state index in [0.29, 0.717) is 29.5 Å². The highest BCUT2D eigenvalue weighted by molar-refractivity contribution is 14.5. The van der Waals surface area contributed by atoms with Gasteiger partial charge in [0.2, 0.25) is 0 Å². The Hall–Kier alpha value is -2.21. The third-order valence-corrected chi connectivity index (χ3v) is 7.22. The van der Waals surface area contributed by atoms with E-state index in [1.807, 2.05) is 69.9 Å². The molecule has 2 aromatic carbocycles. The number of carbonyl (C=O) groups excluding carboxylic acids is 1. The summed E-state index contributed by atoms with van der Waals surface area (Å²) in [5.41, 5.74) is 1.17. The number of fused-ring (bicyclic) bond motifs is 1. The molecule has 2 unspecified atom stereocenters. The van der Waals surface area contributed by atoms with E-state index in [2.05, 4.69) is 102 Å². The summed E-state index contributed by atoms with van der Waals surface area (Å²) in [6.45, 7) is 14.1. The van der Waals surface area contributed by atoms with E-state index in [9.17, 15) is 19.1 Å². The summed E-state index contributed by atoms with van der Waals surface area (Å²) in [6.07, 6.45) is 4.88. The van der Waals surface area contributed by atoms with Crippen LogP contribution in [0, 0.1) is 5.82 Å². The van der Waals surface area contributed by atoms with Crippen molar-refractivity contribution >= 4 is 100 Å². The van der Waals surface area contributed by atoms with Crippen LogP contribution < -0.4 is 20.9 Å². The number of rotatable bonds is 15. The average Bonchev–Trinajstić information content (AvgIpc) is 3.85. The number of hydrogen-bond donors (Lipinski definition) is 4. The number of anilines is 3. The van der Waals surface area contributed by atoms with Gasteiger partial charge in [0.15, 0.2) is 17.9 Å². The van der Waals surface area contributed by atoms with Crippen molar-refractivity contribution in [2.24, 2.45) is 0 Å². The molecule has 1 fully saturated rings. The zero-order chi connectivity index (χ0) is 39.6. The third-order valence-electron chi connectivity index (χ3n) is 7.22. The number of carboxylic acids is 1. The summed E-state index contributed by atoms with van der Waals surface area (Å²) < 4.78 is 32.5. The van der Waals surface area contributed by atoms with Crippen molar-refractivity contribution < 1.29 is 33.3 Å². The monoisotopic (exact) mass is 1090 g/mol. The summed E-state index contributed by atoms with van der Waals surface area (Å²) in [4.78, 5) is 34.5. The van der Waals surface area contributed by atoms with Gasteiger partial charge in [-0.1, -0.05) is 79.1 Å². The van der Waals surface area contributed by atoms with Gasteiger partial charge < -0.3 is 34.9 Å². The van der Waals surface area contributed by atoms with Crippen LogP contribution in [0.2, 0.25) is 0 Å². The molecule has 17 heteroatoms. The number of amides is 2. The second-order valence-electron chi connectivity index (χ2n) is 11.0. The van der Waals surface area contributed by atoms with Crippen LogP contribution in [-0.2, 0) is 20.8 Å². The van der Waals surface area contributed by atoms with E-state index in [0.717, 1.165) is 18.4 Å². The molecule has 1 saturated carbocycles. The maximum absolute atomic E-state index is 14.4. The minimum atomic E-state index is -1.23. The van der Waals surface area contributed by atoms with Crippen LogP contribution in [0.5, 0.6) is 0 Å². The molecule has 2 aliphatic rings. The van der Waals surface area contributed by atoms with Crippen molar-refractivity contribution in [3.63, 3.8) is 0 Å². The SMILES string of the molecule is C=C(OCC(OC(CC)COCc1c(F)cccc1C(=O)O)N1CNc2c(NC(=O)NC3CC3)ncnc21)c1ccccc1.CC.CC.CS(I)(I)I. The quantitative estimate of drug-likeness (QED) is 0.0857. The van der Waals surface area contributed by atoms with Gasteiger partial charge in [-0.3, -0.25) is 5.32 Å². The number of halogens is 4. The van der Waals surface area contributed by atoms with E-state index in [-0.39, 0.29) is 51.2 Å². The number of nitrogens with one attached hydrogen (secondary N) is 3. The van der Waals surface area contributed by atoms with Crippen molar-refractivity contribution in [2.45, 2.75) is 78.9 Å². The lowest BCUT2D eigenvalue weighted by molar-refractivity contribution is -0.0776. The molecule has 5 rings (SSSR count). The summed E-state index contributed by atoms with van der Waals surface area (Å²) in [6, 6.07) is 13.2. The van der Waals surface area contributed by atoms with Gasteiger partial charge >= 0.3 is 12.0 Å². The first-order valence-electron chi connectivity index (χ1n) is 17.2. The second-order valence-corrected chi connectivity index (χ2v) is 43.3. The fourth-order valence-electron chi connectivity index (χ4n) is 4.64. The molecule has 0 saturated heterocycles. The lowest BCUT2D eigenvalue weighted by Crippen LogP contribution is -2.44. The molecule has 53 heavy (non-hydrogen) atoms. The van der Waals surface area contributed by atoms with Crippen LogP contribution in [0.3, 0.4) is 0 Å². The van der Waals surface area contributed by atoms with E-state index in [4.69, 9.17) is 14.2 Å². The predicted octanol–water partition coefficient (Wildman–Crippen LogP) is 10.3. The first kappa shape index (κ1) is 46.9. The minimum Gasteiger partial charge on any atom is -0.489 e. The normalized spacial score (nSPS) is 14.2. The van der Waals surface area contributed by atoms with Crippen LogP contribution in [0.4, 0.5) is 26.5 Å². The molecule has 2 heterocycles. The van der Waals surface area contributed by atoms with E-state index < -0.39 is 24.1 Å². The van der Waals surface area contributed by atoms with E-state index in [1.165, 1.54) is 24.5 Å². The number of benzene rings is 2. The lowest BCUT2D eigenvalue weighted by atomic mass is 10.1. The molecule has 0 spiro atoms. The Bertz CT molecular complexity index is 1600. The third kappa shape index (κ3) is 16.6. The van der Waals surface area contributed by atoms with Gasteiger partial charge in [-0.15, -0.1) is 0 Å². The molecular formula is C36H50FI3N6O6S. The average molecular weight is 1090 g/mol. The van der Waals surface area contributed by atoms with Crippen LogP contribution in [-0.4, -0.2) is 71.6 Å². The number of ether oxygens (including phenoxy) is 3. The Balaban J connectivity index is 0.000000982. The van der Waals surface area contributed by atoms with E-state index >= 15 is 0 Å². The van der Waals surface area contributed by atoms with Gasteiger partial charge in [0, 0.05) is 17.2 Å². The zero-order valence-electron chi connectivity index (χ0n) is 30.8. The fraction of sp³-hybridized carbons (Fsp3) is 0.444. The predicted molar refractivity (Wildman–Crippen MR) is 240 cm³/mol. The van der Waals surface area contributed by atoms with Gasteiger partial charge in [-0.25, -0.2) is 23.9 Å². The second kappa shape index (κ2) is 24.3. The van der Waals surface area contributed by atoms with Crippen LogP contribution in [0.25, 0.3) is 5.76 Å². The van der Waals surface area contributed by atoms with Crippen LogP contribution in [0.1, 0.15) is 75.4 Å². The highest BCUT2D eigenvalue weighted by Gasteiger charge is 2.33. The number of carbonyl (C=O) groups is 2. The molecule has 0 radical (unpaired) electrons. The Labute approximate surface area is 350 Å². The number of carboxylic acid groups (broad SMARTS) is 1. The maximum atomic E-state index is 14.4. The smallest absolute Gasteiger partial charge is 0.336 e. The summed E-state index contributed by atoms with van der Waals surface area (Å²) in [5.74, 6) is -0.589. The first-order valence-corrected chi connectivity index (χ1v) is 26.9. The molecule has 2 amide bonds. The Morgan fingerprint density at radius 2 is 1.74 bits per heavy atom. The topological polar surface area (TPSA) is 147 Å². The molecule has 12 nitrogen and oxygen atoms in total. The molecule has 294 valence electrons. The summed E-state index contributed by atoms with van der Waals surface area (Å²) in [7, 11) is 0. The minimum absolute atomic E-state index is 0.0333. The molecule has 1 aliphatic carbocycles. The van der Waals surface area contributed by atoms with Crippen molar-refractivity contribution in [1.29, 1.82) is 0 Å². The van der Waals surface area contributed by atoms with E-state index in [1.54, 1.807) is 0 Å². The van der Waals surface area contributed by atoms with Crippen molar-refractivity contribution in [1.82, 2.24) is 15.3 Å². The number of aromatic nitrogens is 2. The number of urea groups is 1. The van der Waals surface area contributed by atoms with Crippen molar-refractivity contribution in [2.75, 3.05) is 41.7 Å². The first-order chi connectivity index (χ1) is 25.3. The maximum Gasteiger partial charge on any atom is 0.336 e. The van der Waals surface area contributed by atoms with Crippen molar-refractivity contribution in [3.05, 3.63) is 83.9 Å². The molecule has 2 atom stereocenters. The van der Waals surface area contributed by atoms with Gasteiger partial charge in [0.25, 0.3) is 0 Å². The highest BCUT2D eigenvalue weighted by atomic mass is 127. The number of aromatic carboxylic acids is 1. The Morgan fingerprint density at radius 1 is 1.08 bits per heavy atom. The van der Waals surface area contributed by atoms with Gasteiger partial charge in [0.05, 0.1) is 31.5 Å². The molecular weight excluding hydrogens is 1040 g/mol. The molecule has 0 bridgehead atoms. The highest BCUT2D eigenvalue weighted by Crippen LogP contribution is 2.68. The Morgan fingerprint density at radius 3 is 2.34 bits per heavy atom. The van der Waals surface area contributed by atoms with Crippen LogP contribution >= 0.6 is 65.2 Å². The number of nitrogens with zero attached hydrogens (tertiary/aromatic N) is 3. The molecule has 4 N–H and O–H groups in total. The summed E-state index contributed by atoms with van der Waals surface area (Å²) in [5, 5.41) is 18.4. The zero-order valence-corrected chi connectivity index (χ0v) is 38.1. The lowest BCUT2D eigenvalue weighted by Gasteiger charge is -2.32. The van der Waals surface area contributed by atoms with Gasteiger partial charge in [-0.2, -0.15) is 0 Å². The number of hydrogen-bond acceptors (Lipinski definition) is 9. The van der Waals surface area contributed by atoms with Crippen molar-refractivity contribution in [3.8, 4) is 0 Å². The van der Waals surface area contributed by atoms with Gasteiger partial charge in [-0.05, 0) is 101 Å². The molecule has 3 aromatic rings. The molecule has 1 aromatic heterocycles.